The molecular formula is C15H24N2O. The topological polar surface area (TPSA) is 32.3 Å². The first-order valence-corrected chi connectivity index (χ1v) is 7.81. The van der Waals surface area contributed by atoms with E-state index < -0.39 is 0 Å². The summed E-state index contributed by atoms with van der Waals surface area (Å²) in [5.41, 5.74) is 0. The summed E-state index contributed by atoms with van der Waals surface area (Å²) >= 11 is 0. The van der Waals surface area contributed by atoms with Gasteiger partial charge in [-0.1, -0.05) is 0 Å². The summed E-state index contributed by atoms with van der Waals surface area (Å²) in [4.78, 5) is 14.9. The van der Waals surface area contributed by atoms with E-state index >= 15 is 0 Å². The third-order valence-corrected chi connectivity index (χ3v) is 5.94. The molecule has 1 N–H and O–H groups in total. The molecule has 1 amide bonds. The molecule has 4 bridgehead atoms. The first-order valence-electron chi connectivity index (χ1n) is 7.81. The second kappa shape index (κ2) is 4.22. The summed E-state index contributed by atoms with van der Waals surface area (Å²) in [7, 11) is 0. The van der Waals surface area contributed by atoms with Gasteiger partial charge < -0.3 is 10.2 Å². The molecule has 4 saturated carbocycles. The Balaban J connectivity index is 1.52. The van der Waals surface area contributed by atoms with Crippen LogP contribution in [0.5, 0.6) is 0 Å². The van der Waals surface area contributed by atoms with Crippen molar-refractivity contribution in [3.63, 3.8) is 0 Å². The lowest BCUT2D eigenvalue weighted by Crippen LogP contribution is -2.55. The van der Waals surface area contributed by atoms with Crippen LogP contribution in [0, 0.1) is 29.6 Å². The van der Waals surface area contributed by atoms with Crippen LogP contribution in [-0.4, -0.2) is 37.0 Å². The highest BCUT2D eigenvalue weighted by Crippen LogP contribution is 2.56. The fraction of sp³-hybridized carbons (Fsp3) is 0.933. The number of hydrogen-bond acceptors (Lipinski definition) is 2. The van der Waals surface area contributed by atoms with Gasteiger partial charge in [0.2, 0.25) is 5.91 Å². The molecule has 0 radical (unpaired) electrons. The number of carbonyl (C=O) groups excluding carboxylic acids is 1. The normalized spacial score (nSPS) is 46.4. The summed E-state index contributed by atoms with van der Waals surface area (Å²) in [5.74, 6) is 4.33. The van der Waals surface area contributed by atoms with E-state index in [1.165, 1.54) is 32.1 Å². The first-order chi connectivity index (χ1) is 8.81. The fourth-order valence-electron chi connectivity index (χ4n) is 5.42. The van der Waals surface area contributed by atoms with Crippen molar-refractivity contribution >= 4 is 5.91 Å². The number of rotatable bonds is 1. The van der Waals surface area contributed by atoms with Gasteiger partial charge in [0.1, 0.15) is 0 Å². The van der Waals surface area contributed by atoms with Crippen molar-refractivity contribution in [3.8, 4) is 0 Å². The molecule has 18 heavy (non-hydrogen) atoms. The van der Waals surface area contributed by atoms with Gasteiger partial charge in [-0.05, 0) is 55.8 Å². The quantitative estimate of drug-likeness (QED) is 0.762. The number of amides is 1. The number of nitrogens with zero attached hydrogens (tertiary/aromatic N) is 1. The minimum absolute atomic E-state index is 0.399. The van der Waals surface area contributed by atoms with Crippen molar-refractivity contribution in [1.29, 1.82) is 0 Å². The third kappa shape index (κ3) is 1.70. The van der Waals surface area contributed by atoms with Gasteiger partial charge in [0, 0.05) is 32.1 Å². The Hall–Kier alpha value is -0.570. The van der Waals surface area contributed by atoms with E-state index in [2.05, 4.69) is 10.2 Å². The predicted octanol–water partition coefficient (Wildman–Crippen LogP) is 1.49. The Morgan fingerprint density at radius 2 is 1.44 bits per heavy atom. The molecule has 0 spiro atoms. The Morgan fingerprint density at radius 1 is 0.889 bits per heavy atom. The minimum Gasteiger partial charge on any atom is -0.340 e. The largest absolute Gasteiger partial charge is 0.340 e. The lowest BCUT2D eigenvalue weighted by atomic mass is 9.51. The monoisotopic (exact) mass is 248 g/mol. The molecule has 1 saturated heterocycles. The number of piperazine rings is 1. The third-order valence-electron chi connectivity index (χ3n) is 5.94. The van der Waals surface area contributed by atoms with Gasteiger partial charge in [-0.15, -0.1) is 0 Å². The maximum atomic E-state index is 12.8. The van der Waals surface area contributed by atoms with Gasteiger partial charge in [0.15, 0.2) is 0 Å². The van der Waals surface area contributed by atoms with Crippen LogP contribution < -0.4 is 5.32 Å². The Kier molecular flexibility index (Phi) is 2.65. The van der Waals surface area contributed by atoms with Crippen molar-refractivity contribution in [2.24, 2.45) is 29.6 Å². The lowest BCUT2D eigenvalue weighted by molar-refractivity contribution is -0.149. The molecule has 0 unspecified atom stereocenters. The summed E-state index contributed by atoms with van der Waals surface area (Å²) in [5, 5.41) is 3.34. The molecule has 4 aliphatic carbocycles. The zero-order valence-corrected chi connectivity index (χ0v) is 11.1. The van der Waals surface area contributed by atoms with Crippen LogP contribution in [0.1, 0.15) is 32.1 Å². The molecule has 5 fully saturated rings. The zero-order chi connectivity index (χ0) is 12.1. The molecule has 5 rings (SSSR count). The molecule has 0 aromatic heterocycles. The zero-order valence-electron chi connectivity index (χ0n) is 11.1. The lowest BCUT2D eigenvalue weighted by Gasteiger charge is -2.54. The Labute approximate surface area is 109 Å². The van der Waals surface area contributed by atoms with Gasteiger partial charge in [0.05, 0.1) is 0 Å². The summed E-state index contributed by atoms with van der Waals surface area (Å²) in [6.07, 6.45) is 6.90. The summed E-state index contributed by atoms with van der Waals surface area (Å²) < 4.78 is 0. The number of hydrogen-bond donors (Lipinski definition) is 1. The van der Waals surface area contributed by atoms with Crippen LogP contribution in [-0.2, 0) is 4.79 Å². The minimum atomic E-state index is 0.399. The van der Waals surface area contributed by atoms with Crippen molar-refractivity contribution in [2.45, 2.75) is 32.1 Å². The van der Waals surface area contributed by atoms with Gasteiger partial charge >= 0.3 is 0 Å². The smallest absolute Gasteiger partial charge is 0.226 e. The van der Waals surface area contributed by atoms with Crippen LogP contribution in [0.4, 0.5) is 0 Å². The molecule has 5 aliphatic rings. The Morgan fingerprint density at radius 3 is 2.00 bits per heavy atom. The highest BCUT2D eigenvalue weighted by molar-refractivity contribution is 5.80. The molecule has 1 aliphatic heterocycles. The summed E-state index contributed by atoms with van der Waals surface area (Å²) in [6, 6.07) is 0. The molecule has 3 nitrogen and oxygen atoms in total. The van der Waals surface area contributed by atoms with E-state index in [1.54, 1.807) is 0 Å². The Bertz CT molecular complexity index is 320. The van der Waals surface area contributed by atoms with Crippen molar-refractivity contribution in [2.75, 3.05) is 26.2 Å². The molecule has 3 heteroatoms. The van der Waals surface area contributed by atoms with E-state index in [0.717, 1.165) is 49.9 Å². The molecular weight excluding hydrogens is 224 g/mol. The van der Waals surface area contributed by atoms with Gasteiger partial charge in [-0.25, -0.2) is 0 Å². The van der Waals surface area contributed by atoms with Crippen molar-refractivity contribution in [1.82, 2.24) is 10.2 Å². The number of carbonyl (C=O) groups is 1. The summed E-state index contributed by atoms with van der Waals surface area (Å²) in [6.45, 7) is 3.83. The number of nitrogens with one attached hydrogen (secondary N) is 1. The standard InChI is InChI=1S/C15H24N2O/c18-15(17-3-1-16-2-4-17)14-12-6-10-5-11(8-12)9-13(14)7-10/h10-14,16H,1-9H2. The fourth-order valence-corrected chi connectivity index (χ4v) is 5.42. The van der Waals surface area contributed by atoms with Crippen LogP contribution >= 0.6 is 0 Å². The van der Waals surface area contributed by atoms with Gasteiger partial charge in [-0.2, -0.15) is 0 Å². The molecule has 100 valence electrons. The van der Waals surface area contributed by atoms with Crippen molar-refractivity contribution in [3.05, 3.63) is 0 Å². The van der Waals surface area contributed by atoms with Crippen LogP contribution in [0.15, 0.2) is 0 Å². The average Bonchev–Trinajstić information content (AvgIpc) is 2.38. The molecule has 0 aromatic rings. The maximum absolute atomic E-state index is 12.8. The van der Waals surface area contributed by atoms with E-state index in [1.807, 2.05) is 0 Å². The SMILES string of the molecule is O=C(C1C2CC3CC(C2)CC1C3)N1CCNCC1. The van der Waals surface area contributed by atoms with Crippen molar-refractivity contribution < 1.29 is 4.79 Å². The van der Waals surface area contributed by atoms with Crippen LogP contribution in [0.2, 0.25) is 0 Å². The average molecular weight is 248 g/mol. The highest BCUT2D eigenvalue weighted by Gasteiger charge is 2.51. The van der Waals surface area contributed by atoms with E-state index in [0.29, 0.717) is 11.8 Å². The van der Waals surface area contributed by atoms with Gasteiger partial charge in [0.25, 0.3) is 0 Å². The molecule has 0 aromatic carbocycles. The van der Waals surface area contributed by atoms with E-state index in [-0.39, 0.29) is 0 Å². The molecule has 0 atom stereocenters. The molecule has 1 heterocycles. The predicted molar refractivity (Wildman–Crippen MR) is 70.0 cm³/mol. The highest BCUT2D eigenvalue weighted by atomic mass is 16.2. The maximum Gasteiger partial charge on any atom is 0.226 e. The van der Waals surface area contributed by atoms with Crippen LogP contribution in [0.3, 0.4) is 0 Å². The van der Waals surface area contributed by atoms with Crippen LogP contribution in [0.25, 0.3) is 0 Å². The van der Waals surface area contributed by atoms with Gasteiger partial charge in [-0.3, -0.25) is 4.79 Å². The van der Waals surface area contributed by atoms with E-state index in [4.69, 9.17) is 0 Å². The first kappa shape index (κ1) is 11.3. The second-order valence-corrected chi connectivity index (χ2v) is 7.03. The second-order valence-electron chi connectivity index (χ2n) is 7.03. The van der Waals surface area contributed by atoms with E-state index in [9.17, 15) is 4.79 Å².